The van der Waals surface area contributed by atoms with Crippen molar-refractivity contribution in [2.75, 3.05) is 39.3 Å². The molecule has 2 aromatic carbocycles. The summed E-state index contributed by atoms with van der Waals surface area (Å²) in [6, 6.07) is 14.4. The summed E-state index contributed by atoms with van der Waals surface area (Å²) in [5.41, 5.74) is 1.94. The fourth-order valence-electron chi connectivity index (χ4n) is 3.49. The molecule has 0 N–H and O–H groups in total. The normalized spacial score (nSPS) is 15.8. The zero-order valence-electron chi connectivity index (χ0n) is 17.4. The molecule has 0 radical (unpaired) electrons. The summed E-state index contributed by atoms with van der Waals surface area (Å²) in [4.78, 5) is 16.9. The van der Waals surface area contributed by atoms with Gasteiger partial charge in [-0.15, -0.1) is 0 Å². The molecule has 1 saturated heterocycles. The Morgan fingerprint density at radius 3 is 2.27 bits per heavy atom. The number of carbonyl (C=O) groups is 1. The van der Waals surface area contributed by atoms with E-state index in [0.29, 0.717) is 49.2 Å². The van der Waals surface area contributed by atoms with E-state index in [1.165, 1.54) is 4.31 Å². The van der Waals surface area contributed by atoms with Crippen LogP contribution < -0.4 is 0 Å². The summed E-state index contributed by atoms with van der Waals surface area (Å²) in [6.07, 6.45) is 0. The van der Waals surface area contributed by atoms with Gasteiger partial charge in [0.15, 0.2) is 0 Å². The molecule has 0 unspecified atom stereocenters. The molecule has 0 aliphatic carbocycles. The molecule has 6 nitrogen and oxygen atoms in total. The van der Waals surface area contributed by atoms with Crippen LogP contribution in [0.5, 0.6) is 0 Å². The lowest BCUT2D eigenvalue weighted by Crippen LogP contribution is -2.51. The number of halogens is 1. The molecule has 1 heterocycles. The molecule has 0 bridgehead atoms. The maximum absolute atomic E-state index is 12.8. The van der Waals surface area contributed by atoms with Crippen LogP contribution in [0, 0.1) is 6.92 Å². The van der Waals surface area contributed by atoms with Crippen molar-refractivity contribution in [1.82, 2.24) is 14.1 Å². The summed E-state index contributed by atoms with van der Waals surface area (Å²) >= 11 is 6.23. The fourth-order valence-corrected chi connectivity index (χ4v) is 5.10. The standard InChI is InChI=1S/C22H28ClN3O3S/c1-3-25(16-19-6-4-5-7-21(19)23)22(27)17-24-12-14-26(15-13-24)30(28,29)20-10-8-18(2)9-11-20/h4-11H,3,12-17H2,1-2H3. The average molecular weight is 450 g/mol. The molecule has 0 saturated carbocycles. The van der Waals surface area contributed by atoms with E-state index >= 15 is 0 Å². The summed E-state index contributed by atoms with van der Waals surface area (Å²) < 4.78 is 27.2. The molecule has 0 atom stereocenters. The molecule has 1 fully saturated rings. The van der Waals surface area contributed by atoms with Crippen LogP contribution in [0.4, 0.5) is 0 Å². The maximum atomic E-state index is 12.8. The van der Waals surface area contributed by atoms with E-state index < -0.39 is 10.0 Å². The fraction of sp³-hybridized carbons (Fsp3) is 0.409. The van der Waals surface area contributed by atoms with Gasteiger partial charge in [0.05, 0.1) is 11.4 Å². The number of amides is 1. The smallest absolute Gasteiger partial charge is 0.243 e. The van der Waals surface area contributed by atoms with Crippen molar-refractivity contribution in [3.8, 4) is 0 Å². The summed E-state index contributed by atoms with van der Waals surface area (Å²) in [7, 11) is -3.50. The molecule has 2 aromatic rings. The zero-order chi connectivity index (χ0) is 21.7. The van der Waals surface area contributed by atoms with Gasteiger partial charge in [-0.1, -0.05) is 47.5 Å². The molecule has 1 aliphatic heterocycles. The number of piperazine rings is 1. The van der Waals surface area contributed by atoms with Crippen LogP contribution in [0.3, 0.4) is 0 Å². The van der Waals surface area contributed by atoms with Crippen LogP contribution in [0.15, 0.2) is 53.4 Å². The number of benzene rings is 2. The number of sulfonamides is 1. The monoisotopic (exact) mass is 449 g/mol. The van der Waals surface area contributed by atoms with Crippen molar-refractivity contribution >= 4 is 27.5 Å². The van der Waals surface area contributed by atoms with Crippen molar-refractivity contribution in [3.05, 3.63) is 64.7 Å². The lowest BCUT2D eigenvalue weighted by molar-refractivity contribution is -0.133. The number of carbonyl (C=O) groups excluding carboxylic acids is 1. The summed E-state index contributed by atoms with van der Waals surface area (Å²) in [5, 5.41) is 0.652. The lowest BCUT2D eigenvalue weighted by atomic mass is 10.2. The number of hydrogen-bond donors (Lipinski definition) is 0. The van der Waals surface area contributed by atoms with E-state index in [2.05, 4.69) is 0 Å². The number of rotatable bonds is 7. The van der Waals surface area contributed by atoms with Crippen LogP contribution in [-0.2, 0) is 21.4 Å². The number of likely N-dealkylation sites (N-methyl/N-ethyl adjacent to an activating group) is 1. The SMILES string of the molecule is CCN(Cc1ccccc1Cl)C(=O)CN1CCN(S(=O)(=O)c2ccc(C)cc2)CC1. The molecule has 8 heteroatoms. The van der Waals surface area contributed by atoms with Gasteiger partial charge in [0.2, 0.25) is 15.9 Å². The minimum absolute atomic E-state index is 0.0206. The zero-order valence-corrected chi connectivity index (χ0v) is 19.0. The van der Waals surface area contributed by atoms with Crippen LogP contribution >= 0.6 is 11.6 Å². The lowest BCUT2D eigenvalue weighted by Gasteiger charge is -2.34. The van der Waals surface area contributed by atoms with E-state index in [0.717, 1.165) is 11.1 Å². The molecule has 162 valence electrons. The number of hydrogen-bond acceptors (Lipinski definition) is 4. The van der Waals surface area contributed by atoms with E-state index in [-0.39, 0.29) is 12.5 Å². The van der Waals surface area contributed by atoms with Gasteiger partial charge in [-0.05, 0) is 37.6 Å². The molecule has 0 aromatic heterocycles. The third-order valence-corrected chi connectivity index (χ3v) is 7.68. The van der Waals surface area contributed by atoms with Gasteiger partial charge in [-0.2, -0.15) is 4.31 Å². The Balaban J connectivity index is 1.56. The molecule has 1 aliphatic rings. The van der Waals surface area contributed by atoms with Gasteiger partial charge in [-0.25, -0.2) is 8.42 Å². The largest absolute Gasteiger partial charge is 0.337 e. The number of aryl methyl sites for hydroxylation is 1. The van der Waals surface area contributed by atoms with Gasteiger partial charge in [-0.3, -0.25) is 9.69 Å². The van der Waals surface area contributed by atoms with E-state index in [4.69, 9.17) is 11.6 Å². The van der Waals surface area contributed by atoms with E-state index in [1.807, 2.05) is 43.0 Å². The topological polar surface area (TPSA) is 60.9 Å². The van der Waals surface area contributed by atoms with Crippen molar-refractivity contribution < 1.29 is 13.2 Å². The Hall–Kier alpha value is -1.93. The third-order valence-electron chi connectivity index (χ3n) is 5.40. The highest BCUT2D eigenvalue weighted by molar-refractivity contribution is 7.89. The van der Waals surface area contributed by atoms with Gasteiger partial charge in [0.1, 0.15) is 0 Å². The first-order chi connectivity index (χ1) is 14.3. The first-order valence-corrected chi connectivity index (χ1v) is 11.9. The van der Waals surface area contributed by atoms with Gasteiger partial charge in [0.25, 0.3) is 0 Å². The Bertz CT molecular complexity index is 971. The Labute approximate surface area is 184 Å². The highest BCUT2D eigenvalue weighted by atomic mass is 35.5. The quantitative estimate of drug-likeness (QED) is 0.652. The summed E-state index contributed by atoms with van der Waals surface area (Å²) in [5.74, 6) is 0.0206. The van der Waals surface area contributed by atoms with Gasteiger partial charge < -0.3 is 4.90 Å². The third kappa shape index (κ3) is 5.40. The van der Waals surface area contributed by atoms with Gasteiger partial charge in [0, 0.05) is 44.3 Å². The van der Waals surface area contributed by atoms with E-state index in [1.54, 1.807) is 29.2 Å². The Morgan fingerprint density at radius 1 is 1.03 bits per heavy atom. The van der Waals surface area contributed by atoms with Crippen LogP contribution in [0.25, 0.3) is 0 Å². The predicted molar refractivity (Wildman–Crippen MR) is 119 cm³/mol. The molecular formula is C22H28ClN3O3S. The van der Waals surface area contributed by atoms with Crippen molar-refractivity contribution in [2.24, 2.45) is 0 Å². The first-order valence-electron chi connectivity index (χ1n) is 10.1. The summed E-state index contributed by atoms with van der Waals surface area (Å²) in [6.45, 7) is 7.01. The molecular weight excluding hydrogens is 422 g/mol. The highest BCUT2D eigenvalue weighted by Gasteiger charge is 2.29. The second-order valence-electron chi connectivity index (χ2n) is 7.49. The molecule has 30 heavy (non-hydrogen) atoms. The minimum Gasteiger partial charge on any atom is -0.337 e. The highest BCUT2D eigenvalue weighted by Crippen LogP contribution is 2.19. The van der Waals surface area contributed by atoms with Crippen molar-refractivity contribution in [3.63, 3.8) is 0 Å². The van der Waals surface area contributed by atoms with E-state index in [9.17, 15) is 13.2 Å². The van der Waals surface area contributed by atoms with Gasteiger partial charge >= 0.3 is 0 Å². The molecule has 1 amide bonds. The van der Waals surface area contributed by atoms with Crippen LogP contribution in [-0.4, -0.2) is 67.7 Å². The van der Waals surface area contributed by atoms with Crippen molar-refractivity contribution in [2.45, 2.75) is 25.3 Å². The minimum atomic E-state index is -3.50. The first kappa shape index (κ1) is 22.7. The van der Waals surface area contributed by atoms with Crippen LogP contribution in [0.2, 0.25) is 5.02 Å². The van der Waals surface area contributed by atoms with Crippen LogP contribution in [0.1, 0.15) is 18.1 Å². The average Bonchev–Trinajstić information content (AvgIpc) is 2.74. The number of nitrogens with zero attached hydrogens (tertiary/aromatic N) is 3. The molecule has 3 rings (SSSR count). The van der Waals surface area contributed by atoms with Crippen molar-refractivity contribution in [1.29, 1.82) is 0 Å². The second kappa shape index (κ2) is 9.92. The second-order valence-corrected chi connectivity index (χ2v) is 9.84. The predicted octanol–water partition coefficient (Wildman–Crippen LogP) is 3.00. The maximum Gasteiger partial charge on any atom is 0.243 e. The molecule has 0 spiro atoms. The Kier molecular flexibility index (Phi) is 7.52. The Morgan fingerprint density at radius 2 is 1.67 bits per heavy atom.